The van der Waals surface area contributed by atoms with Crippen LogP contribution in [0.15, 0.2) is 36.4 Å². The fraction of sp³-hybridized carbons (Fsp3) is 0.529. The molecular weight excluding hydrogens is 234 g/mol. The molecule has 0 heterocycles. The zero-order chi connectivity index (χ0) is 14.1. The van der Waals surface area contributed by atoms with Gasteiger partial charge in [0.05, 0.1) is 7.11 Å². The third-order valence-corrected chi connectivity index (χ3v) is 3.47. The van der Waals surface area contributed by atoms with E-state index in [2.05, 4.69) is 37.9 Å². The summed E-state index contributed by atoms with van der Waals surface area (Å²) in [6.07, 6.45) is 4.41. The van der Waals surface area contributed by atoms with E-state index in [1.54, 1.807) is 7.11 Å². The van der Waals surface area contributed by atoms with Crippen molar-refractivity contribution in [2.45, 2.75) is 45.6 Å². The van der Waals surface area contributed by atoms with E-state index in [9.17, 15) is 0 Å². The van der Waals surface area contributed by atoms with Gasteiger partial charge in [-0.15, -0.1) is 0 Å². The van der Waals surface area contributed by atoms with Gasteiger partial charge in [-0.3, -0.25) is 0 Å². The number of aryl methyl sites for hydroxylation is 1. The normalized spacial score (nSPS) is 12.2. The van der Waals surface area contributed by atoms with Gasteiger partial charge in [0.1, 0.15) is 5.75 Å². The molecule has 0 aliphatic heterocycles. The number of ether oxygens (including phenoxy) is 1. The van der Waals surface area contributed by atoms with Gasteiger partial charge >= 0.3 is 0 Å². The Morgan fingerprint density at radius 2 is 1.95 bits per heavy atom. The largest absolute Gasteiger partial charge is 0.497 e. The second-order valence-corrected chi connectivity index (χ2v) is 4.95. The fourth-order valence-corrected chi connectivity index (χ4v) is 2.19. The molecule has 1 N–H and O–H groups in total. The van der Waals surface area contributed by atoms with Crippen LogP contribution in [0.2, 0.25) is 0 Å². The Morgan fingerprint density at radius 3 is 2.47 bits per heavy atom. The highest BCUT2D eigenvalue weighted by Crippen LogP contribution is 2.16. The highest BCUT2D eigenvalue weighted by atomic mass is 16.5. The average molecular weight is 261 g/mol. The number of nitrogens with one attached hydrogen (secondary N) is 1. The second kappa shape index (κ2) is 8.76. The molecule has 2 nitrogen and oxygen atoms in total. The van der Waals surface area contributed by atoms with Gasteiger partial charge in [0.25, 0.3) is 0 Å². The first kappa shape index (κ1) is 15.8. The van der Waals surface area contributed by atoms with Crippen LogP contribution in [0.4, 0.5) is 0 Å². The molecule has 0 radical (unpaired) electrons. The van der Waals surface area contributed by atoms with Crippen molar-refractivity contribution in [2.24, 2.45) is 0 Å². The number of hydrogen-bond acceptors (Lipinski definition) is 2. The first-order valence-corrected chi connectivity index (χ1v) is 7.22. The summed E-state index contributed by atoms with van der Waals surface area (Å²) in [6.45, 7) is 9.47. The van der Waals surface area contributed by atoms with E-state index in [-0.39, 0.29) is 0 Å². The molecule has 0 saturated carbocycles. The highest BCUT2D eigenvalue weighted by Gasteiger charge is 2.08. The lowest BCUT2D eigenvalue weighted by Gasteiger charge is -2.18. The topological polar surface area (TPSA) is 21.3 Å². The van der Waals surface area contributed by atoms with Gasteiger partial charge in [-0.2, -0.15) is 0 Å². The summed E-state index contributed by atoms with van der Waals surface area (Å²) < 4.78 is 5.18. The minimum absolute atomic E-state index is 0.541. The van der Waals surface area contributed by atoms with Crippen molar-refractivity contribution in [2.75, 3.05) is 13.7 Å². The zero-order valence-electron chi connectivity index (χ0n) is 12.5. The number of rotatable bonds is 9. The molecule has 0 aliphatic rings. The highest BCUT2D eigenvalue weighted by molar-refractivity contribution is 5.27. The van der Waals surface area contributed by atoms with Crippen molar-refractivity contribution < 1.29 is 4.74 Å². The summed E-state index contributed by atoms with van der Waals surface area (Å²) in [4.78, 5) is 0. The smallest absolute Gasteiger partial charge is 0.118 e. The van der Waals surface area contributed by atoms with Crippen LogP contribution < -0.4 is 10.1 Å². The Hall–Kier alpha value is -1.28. The first-order chi connectivity index (χ1) is 9.19. The van der Waals surface area contributed by atoms with Gasteiger partial charge < -0.3 is 10.1 Å². The van der Waals surface area contributed by atoms with Crippen molar-refractivity contribution >= 4 is 0 Å². The molecule has 1 aromatic rings. The van der Waals surface area contributed by atoms with E-state index >= 15 is 0 Å². The van der Waals surface area contributed by atoms with E-state index in [0.29, 0.717) is 6.04 Å². The molecule has 19 heavy (non-hydrogen) atoms. The minimum atomic E-state index is 0.541. The van der Waals surface area contributed by atoms with E-state index in [4.69, 9.17) is 4.74 Å². The van der Waals surface area contributed by atoms with Crippen LogP contribution >= 0.6 is 0 Å². The molecule has 1 rings (SSSR count). The molecule has 0 spiro atoms. The number of hydrogen-bond donors (Lipinski definition) is 1. The molecule has 0 aromatic heterocycles. The Balaban J connectivity index is 2.47. The Labute approximate surface area is 117 Å². The predicted octanol–water partition coefficient (Wildman–Crippen LogP) is 3.96. The van der Waals surface area contributed by atoms with Crippen molar-refractivity contribution in [1.29, 1.82) is 0 Å². The predicted molar refractivity (Wildman–Crippen MR) is 82.8 cm³/mol. The van der Waals surface area contributed by atoms with E-state index in [1.807, 2.05) is 12.1 Å². The van der Waals surface area contributed by atoms with Crippen LogP contribution in [0.3, 0.4) is 0 Å². The van der Waals surface area contributed by atoms with Crippen molar-refractivity contribution in [3.8, 4) is 5.75 Å². The quantitative estimate of drug-likeness (QED) is 0.679. The molecule has 0 aliphatic carbocycles. The average Bonchev–Trinajstić information content (AvgIpc) is 2.45. The standard InChI is InChI=1S/C17H27NO/c1-5-14(3)13-16(18-6-2)10-7-15-8-11-17(19-4)12-9-15/h8-9,11-12,16,18H,3,5-7,10,13H2,1-2,4H3. The van der Waals surface area contributed by atoms with E-state index in [1.165, 1.54) is 11.1 Å². The molecule has 1 aromatic carbocycles. The van der Waals surface area contributed by atoms with Crippen LogP contribution in [0.25, 0.3) is 0 Å². The molecule has 0 bridgehead atoms. The third kappa shape index (κ3) is 5.93. The molecule has 1 unspecified atom stereocenters. The summed E-state index contributed by atoms with van der Waals surface area (Å²) in [5, 5.41) is 3.56. The monoisotopic (exact) mass is 261 g/mol. The Morgan fingerprint density at radius 1 is 1.26 bits per heavy atom. The van der Waals surface area contributed by atoms with Crippen LogP contribution in [-0.4, -0.2) is 19.7 Å². The Kier molecular flexibility index (Phi) is 7.27. The van der Waals surface area contributed by atoms with Gasteiger partial charge in [0.15, 0.2) is 0 Å². The maximum Gasteiger partial charge on any atom is 0.118 e. The van der Waals surface area contributed by atoms with Crippen molar-refractivity contribution in [3.63, 3.8) is 0 Å². The van der Waals surface area contributed by atoms with Crippen LogP contribution in [-0.2, 0) is 6.42 Å². The molecule has 0 saturated heterocycles. The molecule has 0 amide bonds. The summed E-state index contributed by atoms with van der Waals surface area (Å²) >= 11 is 0. The second-order valence-electron chi connectivity index (χ2n) is 4.95. The van der Waals surface area contributed by atoms with Gasteiger partial charge in [0.2, 0.25) is 0 Å². The van der Waals surface area contributed by atoms with E-state index in [0.717, 1.165) is 38.0 Å². The molecule has 0 fully saturated rings. The first-order valence-electron chi connectivity index (χ1n) is 7.22. The summed E-state index contributed by atoms with van der Waals surface area (Å²) in [7, 11) is 1.70. The number of methoxy groups -OCH3 is 1. The molecule has 1 atom stereocenters. The Bertz CT molecular complexity index is 369. The zero-order valence-corrected chi connectivity index (χ0v) is 12.5. The maximum absolute atomic E-state index is 5.18. The molecule has 106 valence electrons. The van der Waals surface area contributed by atoms with Gasteiger partial charge in [-0.05, 0) is 49.9 Å². The van der Waals surface area contributed by atoms with Crippen molar-refractivity contribution in [1.82, 2.24) is 5.32 Å². The molecular formula is C17H27NO. The maximum atomic E-state index is 5.18. The van der Waals surface area contributed by atoms with Crippen LogP contribution in [0.5, 0.6) is 5.75 Å². The minimum Gasteiger partial charge on any atom is -0.497 e. The fourth-order valence-electron chi connectivity index (χ4n) is 2.19. The van der Waals surface area contributed by atoms with Crippen LogP contribution in [0, 0.1) is 0 Å². The number of benzene rings is 1. The lowest BCUT2D eigenvalue weighted by molar-refractivity contribution is 0.414. The lowest BCUT2D eigenvalue weighted by Crippen LogP contribution is -2.29. The van der Waals surface area contributed by atoms with Gasteiger partial charge in [0, 0.05) is 6.04 Å². The summed E-state index contributed by atoms with van der Waals surface area (Å²) in [5.41, 5.74) is 2.70. The third-order valence-electron chi connectivity index (χ3n) is 3.47. The van der Waals surface area contributed by atoms with Crippen molar-refractivity contribution in [3.05, 3.63) is 42.0 Å². The summed E-state index contributed by atoms with van der Waals surface area (Å²) in [5.74, 6) is 0.923. The van der Waals surface area contributed by atoms with Gasteiger partial charge in [-0.25, -0.2) is 0 Å². The molecule has 2 heteroatoms. The van der Waals surface area contributed by atoms with Gasteiger partial charge in [-0.1, -0.05) is 38.1 Å². The van der Waals surface area contributed by atoms with Crippen LogP contribution in [0.1, 0.15) is 38.7 Å². The lowest BCUT2D eigenvalue weighted by atomic mass is 9.98. The van der Waals surface area contributed by atoms with E-state index < -0.39 is 0 Å². The SMILES string of the molecule is C=C(CC)CC(CCc1ccc(OC)cc1)NCC. The summed E-state index contributed by atoms with van der Waals surface area (Å²) in [6, 6.07) is 8.90.